The van der Waals surface area contributed by atoms with Gasteiger partial charge in [-0.3, -0.25) is 4.79 Å². The molecule has 1 heterocycles. The number of fused-ring (bicyclic) bond motifs is 1. The van der Waals surface area contributed by atoms with Crippen molar-refractivity contribution in [2.24, 2.45) is 0 Å². The van der Waals surface area contributed by atoms with E-state index in [1.165, 1.54) is 11.3 Å². The first-order valence-electron chi connectivity index (χ1n) is 8.12. The summed E-state index contributed by atoms with van der Waals surface area (Å²) in [6, 6.07) is 5.80. The molecule has 4 nitrogen and oxygen atoms in total. The van der Waals surface area contributed by atoms with Crippen LogP contribution < -0.4 is 14.8 Å². The van der Waals surface area contributed by atoms with E-state index < -0.39 is 0 Å². The number of hydrogen-bond donors (Lipinski definition) is 1. The van der Waals surface area contributed by atoms with Gasteiger partial charge < -0.3 is 14.8 Å². The molecule has 5 heteroatoms. The number of nitrogens with one attached hydrogen (secondary N) is 1. The summed E-state index contributed by atoms with van der Waals surface area (Å²) in [5.74, 6) is 1.36. The van der Waals surface area contributed by atoms with E-state index in [9.17, 15) is 4.79 Å². The van der Waals surface area contributed by atoms with Crippen molar-refractivity contribution in [2.45, 2.75) is 46.1 Å². The fourth-order valence-corrected chi connectivity index (χ4v) is 3.37. The van der Waals surface area contributed by atoms with Crippen molar-refractivity contribution in [1.82, 2.24) is 5.32 Å². The number of carbonyl (C=O) groups is 1. The Hall–Kier alpha value is -1.75. The van der Waals surface area contributed by atoms with Gasteiger partial charge in [0.05, 0.1) is 13.2 Å². The molecule has 1 aromatic heterocycles. The van der Waals surface area contributed by atoms with E-state index >= 15 is 0 Å². The lowest BCUT2D eigenvalue weighted by atomic mass is 10.2. The Bertz CT molecular complexity index is 664. The molecule has 1 aromatic carbocycles. The normalized spacial score (nSPS) is 11.0. The van der Waals surface area contributed by atoms with Gasteiger partial charge in [0.25, 0.3) is 5.91 Å². The lowest BCUT2D eigenvalue weighted by molar-refractivity contribution is 0.0952. The molecule has 0 radical (unpaired) electrons. The average Bonchev–Trinajstić information content (AvgIpc) is 2.88. The Kier molecular flexibility index (Phi) is 6.28. The second kappa shape index (κ2) is 8.20. The minimum Gasteiger partial charge on any atom is -0.497 e. The van der Waals surface area contributed by atoms with Gasteiger partial charge in [-0.1, -0.05) is 19.8 Å². The highest BCUT2D eigenvalue weighted by Gasteiger charge is 2.21. The number of thiophene rings is 1. The molecule has 0 unspecified atom stereocenters. The van der Waals surface area contributed by atoms with Crippen LogP contribution in [-0.2, 0) is 0 Å². The lowest BCUT2D eigenvalue weighted by Crippen LogP contribution is -2.24. The first-order valence-corrected chi connectivity index (χ1v) is 8.93. The molecule has 0 atom stereocenters. The fourth-order valence-electron chi connectivity index (χ4n) is 2.34. The molecule has 1 N–H and O–H groups in total. The summed E-state index contributed by atoms with van der Waals surface area (Å²) in [7, 11) is 1.64. The molecule has 0 saturated heterocycles. The number of benzene rings is 1. The molecule has 0 aliphatic rings. The maximum atomic E-state index is 12.5. The Morgan fingerprint density at radius 2 is 2.09 bits per heavy atom. The number of methoxy groups -OCH3 is 1. The molecular formula is C18H25NO3S. The van der Waals surface area contributed by atoms with E-state index in [-0.39, 0.29) is 12.0 Å². The van der Waals surface area contributed by atoms with Gasteiger partial charge in [-0.15, -0.1) is 11.3 Å². The predicted octanol–water partition coefficient (Wildman–Crippen LogP) is 4.62. The molecule has 0 bridgehead atoms. The van der Waals surface area contributed by atoms with Crippen molar-refractivity contribution in [3.05, 3.63) is 23.1 Å². The largest absolute Gasteiger partial charge is 0.497 e. The standard InChI is InChI=1S/C18H25NO3S/c1-5-6-7-10-19-18(20)17-16(22-12(2)3)14-11-13(21-4)8-9-15(14)23-17/h8-9,11-12H,5-7,10H2,1-4H3,(H,19,20). The molecule has 0 saturated carbocycles. The average molecular weight is 335 g/mol. The van der Waals surface area contributed by atoms with Crippen molar-refractivity contribution < 1.29 is 14.3 Å². The van der Waals surface area contributed by atoms with E-state index in [0.29, 0.717) is 17.2 Å². The van der Waals surface area contributed by atoms with Crippen LogP contribution >= 0.6 is 11.3 Å². The molecule has 126 valence electrons. The first-order chi connectivity index (χ1) is 11.1. The molecule has 0 aliphatic heterocycles. The highest BCUT2D eigenvalue weighted by Crippen LogP contribution is 2.40. The predicted molar refractivity (Wildman–Crippen MR) is 96.0 cm³/mol. The SMILES string of the molecule is CCCCCNC(=O)c1sc2ccc(OC)cc2c1OC(C)C. The third-order valence-electron chi connectivity index (χ3n) is 3.48. The van der Waals surface area contributed by atoms with E-state index in [1.54, 1.807) is 7.11 Å². The van der Waals surface area contributed by atoms with Gasteiger partial charge in [0.15, 0.2) is 5.75 Å². The zero-order chi connectivity index (χ0) is 16.8. The summed E-state index contributed by atoms with van der Waals surface area (Å²) < 4.78 is 12.3. The van der Waals surface area contributed by atoms with Crippen molar-refractivity contribution in [2.75, 3.05) is 13.7 Å². The van der Waals surface area contributed by atoms with Crippen LogP contribution in [0.25, 0.3) is 10.1 Å². The zero-order valence-corrected chi connectivity index (χ0v) is 15.1. The van der Waals surface area contributed by atoms with Crippen molar-refractivity contribution in [3.8, 4) is 11.5 Å². The smallest absolute Gasteiger partial charge is 0.265 e. The van der Waals surface area contributed by atoms with Crippen molar-refractivity contribution in [3.63, 3.8) is 0 Å². The van der Waals surface area contributed by atoms with Gasteiger partial charge in [-0.05, 0) is 38.5 Å². The Labute approximate surface area is 141 Å². The minimum atomic E-state index is -0.0584. The van der Waals surface area contributed by atoms with Crippen LogP contribution in [0.15, 0.2) is 18.2 Å². The number of carbonyl (C=O) groups excluding carboxylic acids is 1. The monoisotopic (exact) mass is 335 g/mol. The highest BCUT2D eigenvalue weighted by atomic mass is 32.1. The van der Waals surface area contributed by atoms with E-state index in [0.717, 1.165) is 35.1 Å². The number of hydrogen-bond acceptors (Lipinski definition) is 4. The Balaban J connectivity index is 2.31. The number of ether oxygens (including phenoxy) is 2. The summed E-state index contributed by atoms with van der Waals surface area (Å²) in [5.41, 5.74) is 0. The van der Waals surface area contributed by atoms with Crippen LogP contribution in [0.3, 0.4) is 0 Å². The number of rotatable bonds is 8. The summed E-state index contributed by atoms with van der Waals surface area (Å²) in [6.45, 7) is 6.78. The molecule has 0 aliphatic carbocycles. The van der Waals surface area contributed by atoms with Crippen LogP contribution in [0.5, 0.6) is 11.5 Å². The second-order valence-corrected chi connectivity index (χ2v) is 6.80. The zero-order valence-electron chi connectivity index (χ0n) is 14.3. The number of amides is 1. The second-order valence-electron chi connectivity index (χ2n) is 5.75. The van der Waals surface area contributed by atoms with Crippen molar-refractivity contribution in [1.29, 1.82) is 0 Å². The van der Waals surface area contributed by atoms with E-state index in [4.69, 9.17) is 9.47 Å². The lowest BCUT2D eigenvalue weighted by Gasteiger charge is -2.11. The minimum absolute atomic E-state index is 0.00522. The van der Waals surface area contributed by atoms with Gasteiger partial charge in [-0.25, -0.2) is 0 Å². The van der Waals surface area contributed by atoms with Gasteiger partial charge in [0, 0.05) is 16.6 Å². The van der Waals surface area contributed by atoms with Crippen LogP contribution in [0.4, 0.5) is 0 Å². The third-order valence-corrected chi connectivity index (χ3v) is 4.63. The molecule has 2 rings (SSSR count). The van der Waals surface area contributed by atoms with Gasteiger partial charge in [-0.2, -0.15) is 0 Å². The molecule has 2 aromatic rings. The highest BCUT2D eigenvalue weighted by molar-refractivity contribution is 7.21. The topological polar surface area (TPSA) is 47.6 Å². The molecule has 1 amide bonds. The number of unbranched alkanes of at least 4 members (excludes halogenated alkanes) is 2. The summed E-state index contributed by atoms with van der Waals surface area (Å²) in [4.78, 5) is 13.2. The molecule has 23 heavy (non-hydrogen) atoms. The molecule has 0 fully saturated rings. The molecule has 0 spiro atoms. The van der Waals surface area contributed by atoms with Crippen LogP contribution in [0, 0.1) is 0 Å². The van der Waals surface area contributed by atoms with Gasteiger partial charge in [0.2, 0.25) is 0 Å². The van der Waals surface area contributed by atoms with Crippen LogP contribution in [0.1, 0.15) is 49.7 Å². The Morgan fingerprint density at radius 3 is 2.74 bits per heavy atom. The van der Waals surface area contributed by atoms with E-state index in [2.05, 4.69) is 12.2 Å². The van der Waals surface area contributed by atoms with E-state index in [1.807, 2.05) is 32.0 Å². The van der Waals surface area contributed by atoms with Crippen molar-refractivity contribution >= 4 is 27.3 Å². The maximum Gasteiger partial charge on any atom is 0.265 e. The summed E-state index contributed by atoms with van der Waals surface area (Å²) >= 11 is 1.46. The summed E-state index contributed by atoms with van der Waals surface area (Å²) in [6.07, 6.45) is 3.27. The Morgan fingerprint density at radius 1 is 1.30 bits per heavy atom. The third kappa shape index (κ3) is 4.38. The maximum absolute atomic E-state index is 12.5. The fraction of sp³-hybridized carbons (Fsp3) is 0.500. The van der Waals surface area contributed by atoms with Crippen LogP contribution in [0.2, 0.25) is 0 Å². The first kappa shape index (κ1) is 17.6. The quantitative estimate of drug-likeness (QED) is 0.716. The van der Waals surface area contributed by atoms with Crippen LogP contribution in [-0.4, -0.2) is 25.7 Å². The van der Waals surface area contributed by atoms with Gasteiger partial charge in [0.1, 0.15) is 10.6 Å². The molecular weight excluding hydrogens is 310 g/mol. The summed E-state index contributed by atoms with van der Waals surface area (Å²) in [5, 5.41) is 3.93. The van der Waals surface area contributed by atoms with Gasteiger partial charge >= 0.3 is 0 Å².